The number of carbonyl (C=O) groups excluding carboxylic acids is 2. The van der Waals surface area contributed by atoms with Gasteiger partial charge in [-0.25, -0.2) is 13.2 Å². The molecule has 1 saturated carbocycles. The van der Waals surface area contributed by atoms with E-state index in [0.29, 0.717) is 11.8 Å². The summed E-state index contributed by atoms with van der Waals surface area (Å²) in [7, 11) is -3.89. The van der Waals surface area contributed by atoms with Gasteiger partial charge < -0.3 is 14.8 Å². The lowest BCUT2D eigenvalue weighted by Crippen LogP contribution is -2.45. The number of sulfone groups is 1. The Morgan fingerprint density at radius 3 is 2.20 bits per heavy atom. The summed E-state index contributed by atoms with van der Waals surface area (Å²) in [5.41, 5.74) is -0.599. The molecule has 3 atom stereocenters. The third-order valence-electron chi connectivity index (χ3n) is 5.24. The molecule has 30 heavy (non-hydrogen) atoms. The van der Waals surface area contributed by atoms with Crippen LogP contribution >= 0.6 is 0 Å². The van der Waals surface area contributed by atoms with E-state index >= 15 is 0 Å². The quantitative estimate of drug-likeness (QED) is 0.708. The zero-order valence-electron chi connectivity index (χ0n) is 17.6. The summed E-state index contributed by atoms with van der Waals surface area (Å²) in [6.07, 6.45) is 0.544. The maximum absolute atomic E-state index is 13.4. The number of aldehydes is 1. The first-order valence-electron chi connectivity index (χ1n) is 9.90. The molecule has 0 heterocycles. The Morgan fingerprint density at radius 2 is 1.70 bits per heavy atom. The topological polar surface area (TPSA) is 89.5 Å². The van der Waals surface area contributed by atoms with Crippen molar-refractivity contribution in [3.05, 3.63) is 65.7 Å². The van der Waals surface area contributed by atoms with Gasteiger partial charge in [-0.1, -0.05) is 49.4 Å². The van der Waals surface area contributed by atoms with Crippen LogP contribution in [0.3, 0.4) is 0 Å². The third-order valence-corrected chi connectivity index (χ3v) is 7.50. The highest BCUT2D eigenvalue weighted by atomic mass is 32.2. The van der Waals surface area contributed by atoms with Crippen molar-refractivity contribution in [2.24, 2.45) is 0 Å². The van der Waals surface area contributed by atoms with E-state index in [9.17, 15) is 18.0 Å². The molecule has 1 aliphatic rings. The maximum Gasteiger partial charge on any atom is 0.408 e. The van der Waals surface area contributed by atoms with Crippen LogP contribution in [0.2, 0.25) is 0 Å². The lowest BCUT2D eigenvalue weighted by molar-refractivity contribution is -0.110. The van der Waals surface area contributed by atoms with Crippen LogP contribution in [0.5, 0.6) is 0 Å². The van der Waals surface area contributed by atoms with Crippen molar-refractivity contribution in [1.29, 1.82) is 0 Å². The lowest BCUT2D eigenvalue weighted by atomic mass is 10.0. The number of hydrogen-bond acceptors (Lipinski definition) is 5. The predicted octanol–water partition coefficient (Wildman–Crippen LogP) is 3.65. The molecule has 0 saturated heterocycles. The Bertz CT molecular complexity index is 1030. The van der Waals surface area contributed by atoms with Gasteiger partial charge in [0.1, 0.15) is 22.7 Å². The molecule has 1 fully saturated rings. The Kier molecular flexibility index (Phi) is 5.78. The van der Waals surface area contributed by atoms with Gasteiger partial charge in [0.05, 0.1) is 4.90 Å². The minimum atomic E-state index is -3.89. The normalized spacial score (nSPS) is 23.5. The highest BCUT2D eigenvalue weighted by Crippen LogP contribution is 2.56. The summed E-state index contributed by atoms with van der Waals surface area (Å²) >= 11 is 0. The molecule has 0 aliphatic heterocycles. The molecule has 1 N–H and O–H groups in total. The molecule has 2 aromatic rings. The summed E-state index contributed by atoms with van der Waals surface area (Å²) in [6, 6.07) is 15.4. The number of amides is 1. The minimum absolute atomic E-state index is 0.111. The summed E-state index contributed by atoms with van der Waals surface area (Å²) in [5, 5.41) is 1.45. The van der Waals surface area contributed by atoms with Gasteiger partial charge in [0.2, 0.25) is 0 Å². The van der Waals surface area contributed by atoms with Crippen LogP contribution in [0.1, 0.15) is 44.7 Å². The number of benzene rings is 2. The van der Waals surface area contributed by atoms with Crippen molar-refractivity contribution in [1.82, 2.24) is 5.32 Å². The third kappa shape index (κ3) is 4.12. The van der Waals surface area contributed by atoms with E-state index < -0.39 is 38.2 Å². The molecule has 7 heteroatoms. The van der Waals surface area contributed by atoms with E-state index in [0.717, 1.165) is 12.0 Å². The van der Waals surface area contributed by atoms with Gasteiger partial charge in [0.25, 0.3) is 0 Å². The maximum atomic E-state index is 13.4. The molecular formula is C23H27NO5S. The number of hydrogen-bond donors (Lipinski definition) is 1. The van der Waals surface area contributed by atoms with E-state index in [1.54, 1.807) is 39.0 Å². The van der Waals surface area contributed by atoms with E-state index in [2.05, 4.69) is 5.32 Å². The zero-order chi connectivity index (χ0) is 22.2. The molecule has 0 bridgehead atoms. The van der Waals surface area contributed by atoms with Crippen LogP contribution < -0.4 is 5.32 Å². The molecular weight excluding hydrogens is 402 g/mol. The van der Waals surface area contributed by atoms with Gasteiger partial charge in [-0.05, 0) is 50.5 Å². The van der Waals surface area contributed by atoms with Crippen molar-refractivity contribution in [3.63, 3.8) is 0 Å². The smallest absolute Gasteiger partial charge is 0.408 e. The second kappa shape index (κ2) is 7.87. The summed E-state index contributed by atoms with van der Waals surface area (Å²) in [4.78, 5) is 24.8. The van der Waals surface area contributed by atoms with Gasteiger partial charge in [-0.2, -0.15) is 0 Å². The van der Waals surface area contributed by atoms with Gasteiger partial charge in [-0.3, -0.25) is 0 Å². The highest BCUT2D eigenvalue weighted by molar-refractivity contribution is 7.92. The molecule has 1 amide bonds. The second-order valence-corrected chi connectivity index (χ2v) is 10.6. The van der Waals surface area contributed by atoms with Gasteiger partial charge in [0, 0.05) is 5.92 Å². The van der Waals surface area contributed by atoms with E-state index in [-0.39, 0.29) is 4.90 Å². The van der Waals surface area contributed by atoms with E-state index in [1.165, 1.54) is 12.1 Å². The zero-order valence-corrected chi connectivity index (χ0v) is 18.4. The van der Waals surface area contributed by atoms with Crippen molar-refractivity contribution in [3.8, 4) is 0 Å². The fourth-order valence-corrected chi connectivity index (χ4v) is 6.04. The molecule has 2 aromatic carbocycles. The summed E-state index contributed by atoms with van der Waals surface area (Å²) < 4.78 is 32.1. The van der Waals surface area contributed by atoms with Crippen molar-refractivity contribution >= 4 is 22.2 Å². The fraction of sp³-hybridized carbons (Fsp3) is 0.391. The number of ether oxygens (including phenoxy) is 1. The average molecular weight is 430 g/mol. The van der Waals surface area contributed by atoms with Crippen molar-refractivity contribution in [2.45, 2.75) is 61.3 Å². The Hall–Kier alpha value is -2.67. The fourth-order valence-electron chi connectivity index (χ4n) is 3.78. The van der Waals surface area contributed by atoms with Crippen LogP contribution in [0.15, 0.2) is 59.5 Å². The molecule has 6 nitrogen and oxygen atoms in total. The minimum Gasteiger partial charge on any atom is -0.444 e. The van der Waals surface area contributed by atoms with Crippen LogP contribution in [-0.4, -0.2) is 37.2 Å². The SMILES string of the molecule is CCc1ccc([C@H]2[C@@H](S(=O)(=O)c3ccccc3)[C@@]2(C=O)NC(=O)OC(C)(C)C)cc1. The molecule has 160 valence electrons. The first kappa shape index (κ1) is 22.0. The van der Waals surface area contributed by atoms with Crippen LogP contribution in [0, 0.1) is 0 Å². The van der Waals surface area contributed by atoms with Crippen LogP contribution in [-0.2, 0) is 25.8 Å². The Balaban J connectivity index is 2.04. The second-order valence-electron chi connectivity index (χ2n) is 8.53. The molecule has 0 radical (unpaired) electrons. The first-order chi connectivity index (χ1) is 14.0. The number of alkyl carbamates (subject to hydrolysis) is 1. The predicted molar refractivity (Wildman–Crippen MR) is 114 cm³/mol. The van der Waals surface area contributed by atoms with E-state index in [4.69, 9.17) is 4.74 Å². The average Bonchev–Trinajstić information content (AvgIpc) is 3.36. The number of aryl methyl sites for hydroxylation is 1. The van der Waals surface area contributed by atoms with Crippen molar-refractivity contribution in [2.75, 3.05) is 0 Å². The number of nitrogens with one attached hydrogen (secondary N) is 1. The lowest BCUT2D eigenvalue weighted by Gasteiger charge is -2.22. The molecule has 0 aromatic heterocycles. The highest BCUT2D eigenvalue weighted by Gasteiger charge is 2.73. The molecule has 0 spiro atoms. The largest absolute Gasteiger partial charge is 0.444 e. The monoisotopic (exact) mass is 429 g/mol. The first-order valence-corrected chi connectivity index (χ1v) is 11.4. The van der Waals surface area contributed by atoms with E-state index in [1.807, 2.05) is 31.2 Å². The number of rotatable bonds is 6. The van der Waals surface area contributed by atoms with Gasteiger partial charge in [-0.15, -0.1) is 0 Å². The molecule has 1 aliphatic carbocycles. The molecule has 0 unspecified atom stereocenters. The number of carbonyl (C=O) groups is 2. The van der Waals surface area contributed by atoms with Gasteiger partial charge in [0.15, 0.2) is 9.84 Å². The van der Waals surface area contributed by atoms with Crippen LogP contribution in [0.4, 0.5) is 4.79 Å². The Morgan fingerprint density at radius 1 is 1.10 bits per heavy atom. The molecule has 3 rings (SSSR count). The standard InChI is InChI=1S/C23H27NO5S/c1-5-16-11-13-17(14-12-16)19-20(30(27,28)18-9-7-6-8-10-18)23(19,15-25)24-21(26)29-22(2,3)4/h6-15,19-20H,5H2,1-4H3,(H,24,26)/t19-,20+,23-/m0/s1. The van der Waals surface area contributed by atoms with Crippen LogP contribution in [0.25, 0.3) is 0 Å². The summed E-state index contributed by atoms with van der Waals surface area (Å²) in [6.45, 7) is 7.12. The van der Waals surface area contributed by atoms with Gasteiger partial charge >= 0.3 is 6.09 Å². The van der Waals surface area contributed by atoms with Crippen molar-refractivity contribution < 1.29 is 22.7 Å². The summed E-state index contributed by atoms with van der Waals surface area (Å²) in [5.74, 6) is -0.710. The Labute approximate surface area is 177 Å².